The van der Waals surface area contributed by atoms with Crippen molar-refractivity contribution in [2.75, 3.05) is 0 Å². The number of hydrogen-bond acceptors (Lipinski definition) is 2. The van der Waals surface area contributed by atoms with Gasteiger partial charge < -0.3 is 10.5 Å². The van der Waals surface area contributed by atoms with Crippen molar-refractivity contribution < 1.29 is 9.53 Å². The number of halogens is 1. The monoisotopic (exact) mass is 243 g/mol. The van der Waals surface area contributed by atoms with E-state index in [-0.39, 0.29) is 0 Å². The molecule has 0 aliphatic heterocycles. The molecule has 0 radical (unpaired) electrons. The third-order valence-electron chi connectivity index (χ3n) is 1.65. The molecule has 4 heteroatoms. The Bertz CT molecular complexity index is 350. The topological polar surface area (TPSA) is 52.3 Å². The van der Waals surface area contributed by atoms with E-state index in [1.54, 1.807) is 6.07 Å². The van der Waals surface area contributed by atoms with E-state index in [0.29, 0.717) is 5.75 Å². The van der Waals surface area contributed by atoms with Gasteiger partial charge in [-0.15, -0.1) is 0 Å². The summed E-state index contributed by atoms with van der Waals surface area (Å²) < 4.78 is 5.72. The normalized spacial score (nSPS) is 9.77. The molecule has 0 heterocycles. The van der Waals surface area contributed by atoms with Gasteiger partial charge in [0.05, 0.1) is 0 Å². The quantitative estimate of drug-likeness (QED) is 0.825. The predicted molar refractivity (Wildman–Crippen MR) is 53.8 cm³/mol. The first-order valence-corrected chi connectivity index (χ1v) is 4.54. The molecule has 0 aliphatic rings. The lowest BCUT2D eigenvalue weighted by molar-refractivity contribution is 0.210. The number of aryl methyl sites for hydroxylation is 1. The van der Waals surface area contributed by atoms with Gasteiger partial charge >= 0.3 is 6.09 Å². The summed E-state index contributed by atoms with van der Waals surface area (Å²) in [6.45, 7) is 3.76. The Labute approximate surface area is 85.0 Å². The number of rotatable bonds is 1. The molecule has 0 bridgehead atoms. The van der Waals surface area contributed by atoms with Crippen molar-refractivity contribution in [2.24, 2.45) is 5.73 Å². The fourth-order valence-electron chi connectivity index (χ4n) is 0.997. The lowest BCUT2D eigenvalue weighted by Crippen LogP contribution is -2.16. The van der Waals surface area contributed by atoms with Crippen molar-refractivity contribution in [1.82, 2.24) is 0 Å². The maximum absolute atomic E-state index is 10.5. The standard InChI is InChI=1S/C9H10BrNO2/c1-5-3-7(10)6(2)8(4-5)13-9(11)12/h3-4H,1-2H3,(H2,11,12). The molecule has 2 N–H and O–H groups in total. The summed E-state index contributed by atoms with van der Waals surface area (Å²) in [5.41, 5.74) is 6.79. The van der Waals surface area contributed by atoms with E-state index in [9.17, 15) is 4.79 Å². The maximum atomic E-state index is 10.5. The molecule has 0 spiro atoms. The molecule has 3 nitrogen and oxygen atoms in total. The predicted octanol–water partition coefficient (Wildman–Crippen LogP) is 2.52. The molecule has 0 aliphatic carbocycles. The molecule has 13 heavy (non-hydrogen) atoms. The van der Waals surface area contributed by atoms with Gasteiger partial charge in [-0.25, -0.2) is 4.79 Å². The highest BCUT2D eigenvalue weighted by molar-refractivity contribution is 9.10. The molecule has 0 fully saturated rings. The molecular weight excluding hydrogens is 234 g/mol. The molecule has 0 unspecified atom stereocenters. The minimum absolute atomic E-state index is 0.499. The van der Waals surface area contributed by atoms with Gasteiger partial charge in [-0.1, -0.05) is 15.9 Å². The van der Waals surface area contributed by atoms with Crippen LogP contribution in [-0.2, 0) is 0 Å². The SMILES string of the molecule is Cc1cc(Br)c(C)c(OC(N)=O)c1. The van der Waals surface area contributed by atoms with Gasteiger partial charge in [0.1, 0.15) is 5.75 Å². The number of primary amides is 1. The van der Waals surface area contributed by atoms with Crippen LogP contribution in [0, 0.1) is 13.8 Å². The number of hydrogen-bond donors (Lipinski definition) is 1. The number of carbonyl (C=O) groups is 1. The fraction of sp³-hybridized carbons (Fsp3) is 0.222. The smallest absolute Gasteiger partial charge is 0.409 e. The van der Waals surface area contributed by atoms with Gasteiger partial charge in [0.2, 0.25) is 0 Å². The second-order valence-electron chi connectivity index (χ2n) is 2.79. The summed E-state index contributed by atoms with van der Waals surface area (Å²) in [5.74, 6) is 0.499. The minimum atomic E-state index is -0.791. The molecular formula is C9H10BrNO2. The van der Waals surface area contributed by atoms with Crippen LogP contribution in [0.25, 0.3) is 0 Å². The van der Waals surface area contributed by atoms with Crippen molar-refractivity contribution in [3.8, 4) is 5.75 Å². The second kappa shape index (κ2) is 3.79. The third kappa shape index (κ3) is 2.45. The first kappa shape index (κ1) is 10.1. The molecule has 0 saturated heterocycles. The Balaban J connectivity index is 3.12. The largest absolute Gasteiger partial charge is 0.410 e. The van der Waals surface area contributed by atoms with E-state index >= 15 is 0 Å². The van der Waals surface area contributed by atoms with Crippen molar-refractivity contribution in [1.29, 1.82) is 0 Å². The molecule has 1 aromatic carbocycles. The third-order valence-corrected chi connectivity index (χ3v) is 2.48. The van der Waals surface area contributed by atoms with Crippen LogP contribution < -0.4 is 10.5 Å². The number of ether oxygens (including phenoxy) is 1. The Morgan fingerprint density at radius 2 is 2.08 bits per heavy atom. The summed E-state index contributed by atoms with van der Waals surface area (Å²) in [6.07, 6.45) is -0.791. The number of carbonyl (C=O) groups excluding carboxylic acids is 1. The Morgan fingerprint density at radius 3 is 2.62 bits per heavy atom. The van der Waals surface area contributed by atoms with Crippen molar-refractivity contribution in [3.05, 3.63) is 27.7 Å². The molecule has 0 atom stereocenters. The molecule has 70 valence electrons. The summed E-state index contributed by atoms with van der Waals surface area (Å²) in [7, 11) is 0. The van der Waals surface area contributed by atoms with Gasteiger partial charge in [-0.2, -0.15) is 0 Å². The lowest BCUT2D eigenvalue weighted by Gasteiger charge is -2.07. The van der Waals surface area contributed by atoms with Gasteiger partial charge in [0, 0.05) is 10.0 Å². The van der Waals surface area contributed by atoms with Crippen molar-refractivity contribution in [3.63, 3.8) is 0 Å². The van der Waals surface area contributed by atoms with Crippen LogP contribution in [0.3, 0.4) is 0 Å². The molecule has 1 rings (SSSR count). The summed E-state index contributed by atoms with van der Waals surface area (Å²) in [5, 5.41) is 0. The zero-order chi connectivity index (χ0) is 10.0. The molecule has 0 saturated carbocycles. The average Bonchev–Trinajstić information content (AvgIpc) is 1.98. The summed E-state index contributed by atoms with van der Waals surface area (Å²) >= 11 is 3.35. The van der Waals surface area contributed by atoms with Crippen LogP contribution in [0.1, 0.15) is 11.1 Å². The zero-order valence-electron chi connectivity index (χ0n) is 7.43. The van der Waals surface area contributed by atoms with E-state index in [0.717, 1.165) is 15.6 Å². The van der Waals surface area contributed by atoms with Crippen LogP contribution in [-0.4, -0.2) is 6.09 Å². The first-order chi connectivity index (χ1) is 6.00. The molecule has 1 aromatic rings. The van der Waals surface area contributed by atoms with Gasteiger partial charge in [0.25, 0.3) is 0 Å². The van der Waals surface area contributed by atoms with Crippen LogP contribution in [0.15, 0.2) is 16.6 Å². The van der Waals surface area contributed by atoms with Gasteiger partial charge in [0.15, 0.2) is 0 Å². The van der Waals surface area contributed by atoms with Gasteiger partial charge in [-0.3, -0.25) is 0 Å². The van der Waals surface area contributed by atoms with E-state index in [4.69, 9.17) is 10.5 Å². The molecule has 0 aromatic heterocycles. The Kier molecular flexibility index (Phi) is 2.93. The van der Waals surface area contributed by atoms with E-state index in [1.807, 2.05) is 19.9 Å². The highest BCUT2D eigenvalue weighted by Gasteiger charge is 2.06. The second-order valence-corrected chi connectivity index (χ2v) is 3.65. The maximum Gasteiger partial charge on any atom is 0.409 e. The minimum Gasteiger partial charge on any atom is -0.410 e. The van der Waals surface area contributed by atoms with Crippen LogP contribution in [0.5, 0.6) is 5.75 Å². The fourth-order valence-corrected chi connectivity index (χ4v) is 1.55. The average molecular weight is 244 g/mol. The van der Waals surface area contributed by atoms with Gasteiger partial charge in [-0.05, 0) is 31.5 Å². The van der Waals surface area contributed by atoms with Crippen molar-refractivity contribution >= 4 is 22.0 Å². The van der Waals surface area contributed by atoms with Crippen LogP contribution in [0.4, 0.5) is 4.79 Å². The highest BCUT2D eigenvalue weighted by atomic mass is 79.9. The Morgan fingerprint density at radius 1 is 1.46 bits per heavy atom. The summed E-state index contributed by atoms with van der Waals surface area (Å²) in [6, 6.07) is 3.72. The van der Waals surface area contributed by atoms with E-state index in [1.165, 1.54) is 0 Å². The zero-order valence-corrected chi connectivity index (χ0v) is 9.01. The van der Waals surface area contributed by atoms with Crippen LogP contribution in [0.2, 0.25) is 0 Å². The Hall–Kier alpha value is -1.03. The van der Waals surface area contributed by atoms with E-state index in [2.05, 4.69) is 15.9 Å². The summed E-state index contributed by atoms with van der Waals surface area (Å²) in [4.78, 5) is 10.5. The highest BCUT2D eigenvalue weighted by Crippen LogP contribution is 2.27. The number of amides is 1. The lowest BCUT2D eigenvalue weighted by atomic mass is 10.1. The number of nitrogens with two attached hydrogens (primary N) is 1. The van der Waals surface area contributed by atoms with E-state index < -0.39 is 6.09 Å². The number of benzene rings is 1. The van der Waals surface area contributed by atoms with Crippen molar-refractivity contribution in [2.45, 2.75) is 13.8 Å². The first-order valence-electron chi connectivity index (χ1n) is 3.74. The van der Waals surface area contributed by atoms with Crippen LogP contribution >= 0.6 is 15.9 Å². The molecule has 1 amide bonds.